The Morgan fingerprint density at radius 1 is 0.457 bits per heavy atom. The number of phenols is 1. The average Bonchev–Trinajstić information content (AvgIpc) is 2.11. The molecule has 0 aliphatic rings. The number of aromatic hydroxyl groups is 1. The molecule has 0 fully saturated rings. The Bertz CT molecular complexity index is 391. The van der Waals surface area contributed by atoms with Crippen LogP contribution in [-0.4, -0.2) is 17.8 Å². The van der Waals surface area contributed by atoms with Crippen molar-refractivity contribution in [2.75, 3.05) is 5.32 Å². The Labute approximate surface area is 1110 Å². The molecule has 0 saturated carbocycles. The van der Waals surface area contributed by atoms with Crippen molar-refractivity contribution >= 4 is 18.4 Å². The Balaban J connectivity index is -0.00000000165. The van der Waals surface area contributed by atoms with E-state index in [9.17, 15) is 14.0 Å². The minimum absolute atomic E-state index is 0. The van der Waals surface area contributed by atoms with Crippen LogP contribution < -0.4 is 5.32 Å². The second kappa shape index (κ2) is 185. The zero-order valence-corrected chi connectivity index (χ0v) is 119. The molecule has 0 bridgehead atoms. The number of hydrogen-bond acceptors (Lipinski definition) is 3. The maximum absolute atomic E-state index is 12.8. The smallest absolute Gasteiger partial charge is 0.158 e. The van der Waals surface area contributed by atoms with E-state index in [0.717, 1.165) is 12.1 Å². The van der Waals surface area contributed by atoms with E-state index in [4.69, 9.17) is 5.11 Å². The number of carbonyl (C=O) groups is 1. The third kappa shape index (κ3) is 153. The van der Waals surface area contributed by atoms with Gasteiger partial charge in [0.25, 0.3) is 0 Å². The monoisotopic (exact) mass is 3120 g/mol. The number of phenolic OH excluding ortho intramolecular Hbond substituents is 1. The molecule has 46 heavy (non-hydrogen) atoms. The van der Waals surface area contributed by atoms with Gasteiger partial charge < -0.3 is 15.2 Å². The van der Waals surface area contributed by atoms with Gasteiger partial charge in [-0.15, -0.1) is 11.8 Å². The number of anilines is 1. The zero-order chi connectivity index (χ0) is 9.84. The van der Waals surface area contributed by atoms with Gasteiger partial charge in [0.05, 0.1) is 6.41 Å². The summed E-state index contributed by atoms with van der Waals surface area (Å²) in [5, 5.41) is 11.0. The van der Waals surface area contributed by atoms with Crippen molar-refractivity contribution in [2.45, 2.75) is 0 Å². The molecule has 33 radical (unpaired) electrons. The van der Waals surface area contributed by atoms with Crippen molar-refractivity contribution in [1.29, 1.82) is 0 Å². The van der Waals surface area contributed by atoms with Crippen LogP contribution in [0.15, 0.2) is 12.1 Å². The summed E-state index contributed by atoms with van der Waals surface area (Å²) in [6, 6.07) is 2.02. The SMILES string of the molecule is O=[C-]Nc1cc(F)c(O)c(C=O)c1.[Y].[Y].[Y].[Y].[Y].[Y].[Y].[Y].[Y].[Y].[Y].[Y].[Y].[Y].[Y].[Y].[Y].[Y].[Y].[Y].[Y].[Y].[Y].[Y].[Y].[Y].[Y].[Y].[Y].[Y].[Y].[Y].[Y]. The first-order valence-corrected chi connectivity index (χ1v) is 3.30. The summed E-state index contributed by atoms with van der Waals surface area (Å²) in [6.07, 6.45) is 1.60. The van der Waals surface area contributed by atoms with Crippen LogP contribution in [0.4, 0.5) is 10.1 Å². The molecule has 0 aliphatic heterocycles. The van der Waals surface area contributed by atoms with Crippen molar-refractivity contribution in [2.24, 2.45) is 0 Å². The Morgan fingerprint density at radius 2 is 0.652 bits per heavy atom. The van der Waals surface area contributed by atoms with E-state index >= 15 is 0 Å². The largest absolute Gasteiger partial charge is 0.504 e. The van der Waals surface area contributed by atoms with Gasteiger partial charge in [-0.25, -0.2) is 4.39 Å². The standard InChI is InChI=1S/C8H5FNO3.33Y/c9-7-2-6(10-4-12)1-5(3-11)8(7)13;;;;;;;;;;;;;;;;;;;;;;;;;;;;;;;;;/h1-3,13H,(H,10,12);;;;;;;;;;;;;;;;;;;;;;;;;;;;;;;;;/q-1;;;;;;;;;;;;;;;;;;;;;;;;;;;;;;;;;. The third-order valence-corrected chi connectivity index (χ3v) is 1.42. The molecule has 0 aliphatic carbocycles. The van der Waals surface area contributed by atoms with E-state index in [0.29, 0.717) is 0 Å². The van der Waals surface area contributed by atoms with Crippen molar-refractivity contribution in [1.82, 2.24) is 0 Å². The number of nitrogens with one attached hydrogen (secondary N) is 1. The van der Waals surface area contributed by atoms with Gasteiger partial charge in [-0.1, -0.05) is 6.07 Å². The van der Waals surface area contributed by atoms with Crippen molar-refractivity contribution in [3.8, 4) is 5.75 Å². The van der Waals surface area contributed by atoms with Crippen molar-refractivity contribution < 1.29 is 1100 Å². The summed E-state index contributed by atoms with van der Waals surface area (Å²) in [4.78, 5) is 20.1. The fraction of sp³-hybridized carbons (Fsp3) is 0. The Hall–Kier alpha value is 34.5. The van der Waals surface area contributed by atoms with Crippen LogP contribution in [0.2, 0.25) is 0 Å². The van der Waals surface area contributed by atoms with Crippen LogP contribution >= 0.6 is 0 Å². The van der Waals surface area contributed by atoms with E-state index in [1.54, 1.807) is 0 Å². The molecular formula is C8H5FNO3Y33-. The number of benzene rings is 1. The molecule has 1 aromatic carbocycles. The van der Waals surface area contributed by atoms with Gasteiger partial charge in [0, 0.05) is 1080 Å². The Kier molecular flexibility index (Phi) is 905. The van der Waals surface area contributed by atoms with Crippen LogP contribution in [-0.2, 0) is 1080 Å². The predicted octanol–water partition coefficient (Wildman–Crippen LogP) is 0.740. The van der Waals surface area contributed by atoms with Gasteiger partial charge >= 0.3 is 0 Å². The number of halogens is 1. The van der Waals surface area contributed by atoms with E-state index in [-0.39, 0.29) is 1100 Å². The van der Waals surface area contributed by atoms with E-state index < -0.39 is 11.6 Å². The van der Waals surface area contributed by atoms with Gasteiger partial charge in [-0.3, -0.25) is 4.79 Å². The van der Waals surface area contributed by atoms with Crippen LogP contribution in [0.25, 0.3) is 0 Å². The molecule has 2 N–H and O–H groups in total. The van der Waals surface area contributed by atoms with E-state index in [1.807, 2.05) is 5.32 Å². The molecule has 38 heteroatoms. The summed E-state index contributed by atoms with van der Waals surface area (Å²) in [7, 11) is 0. The van der Waals surface area contributed by atoms with Crippen LogP contribution in [0.1, 0.15) is 10.4 Å². The minimum atomic E-state index is -0.970. The van der Waals surface area contributed by atoms with Crippen LogP contribution in [0.5, 0.6) is 5.75 Å². The van der Waals surface area contributed by atoms with Crippen molar-refractivity contribution in [3.05, 3.63) is 23.5 Å². The summed E-state index contributed by atoms with van der Waals surface area (Å²) >= 11 is 0. The first kappa shape index (κ1) is 225. The minimum Gasteiger partial charge on any atom is -0.504 e. The van der Waals surface area contributed by atoms with Gasteiger partial charge in [-0.2, -0.15) is 0 Å². The number of aldehydes is 1. The van der Waals surface area contributed by atoms with Gasteiger partial charge in [0.1, 0.15) is 5.82 Å². The molecule has 4 nitrogen and oxygen atoms in total. The zero-order valence-electron chi connectivity index (χ0n) is 25.4. The molecule has 167 valence electrons. The topological polar surface area (TPSA) is 66.4 Å². The summed E-state index contributed by atoms with van der Waals surface area (Å²) < 4.78 is 12.8. The van der Waals surface area contributed by atoms with Crippen molar-refractivity contribution in [3.63, 3.8) is 0 Å². The van der Waals surface area contributed by atoms with E-state index in [1.165, 1.54) is 6.41 Å². The predicted molar refractivity (Wildman–Crippen MR) is 42.8 cm³/mol. The Morgan fingerprint density at radius 3 is 0.804 bits per heavy atom. The molecule has 0 atom stereocenters. The summed E-state index contributed by atoms with van der Waals surface area (Å²) in [5.74, 6) is -1.70. The molecule has 1 aromatic rings. The van der Waals surface area contributed by atoms with Crippen LogP contribution in [0.3, 0.4) is 0 Å². The number of hydrogen-bond donors (Lipinski definition) is 2. The fourth-order valence-electron chi connectivity index (χ4n) is 0.841. The molecule has 0 aromatic heterocycles. The summed E-state index contributed by atoms with van der Waals surface area (Å²) in [5.41, 5.74) is -0.162. The molecule has 0 spiro atoms. The second-order valence-electron chi connectivity index (χ2n) is 2.24. The maximum atomic E-state index is 12.8. The molecule has 0 saturated heterocycles. The third-order valence-electron chi connectivity index (χ3n) is 1.42. The quantitative estimate of drug-likeness (QED) is 0.204. The van der Waals surface area contributed by atoms with Gasteiger partial charge in [-0.05, 0) is 0 Å². The normalized spacial score (nSPS) is 2.63. The number of carbonyl (C=O) groups excluding carboxylic acids is 2. The summed E-state index contributed by atoms with van der Waals surface area (Å²) in [6.45, 7) is 0. The molecule has 1 amide bonds. The average molecular weight is 3120 g/mol. The molecule has 0 heterocycles. The molecule has 1 rings (SSSR count). The van der Waals surface area contributed by atoms with Gasteiger partial charge in [0.2, 0.25) is 0 Å². The second-order valence-corrected chi connectivity index (χ2v) is 2.24. The number of rotatable bonds is 3. The first-order chi connectivity index (χ1) is 6.19. The first-order valence-electron chi connectivity index (χ1n) is 3.30. The maximum Gasteiger partial charge on any atom is 0.158 e. The number of amides is 1. The van der Waals surface area contributed by atoms with E-state index in [2.05, 4.69) is 0 Å². The molecular weight excluding hydrogens is 3110 g/mol. The molecule has 0 unspecified atom stereocenters. The fourth-order valence-corrected chi connectivity index (χ4v) is 0.841. The van der Waals surface area contributed by atoms with Crippen LogP contribution in [0, 0.1) is 5.82 Å². The van der Waals surface area contributed by atoms with Gasteiger partial charge in [0.15, 0.2) is 12.0 Å².